The summed E-state index contributed by atoms with van der Waals surface area (Å²) >= 11 is 0. The van der Waals surface area contributed by atoms with Gasteiger partial charge in [-0.3, -0.25) is 9.59 Å². The average Bonchev–Trinajstić information content (AvgIpc) is 2.85. The maximum absolute atomic E-state index is 12.7. The topological polar surface area (TPSA) is 55.9 Å². The molecule has 0 aliphatic carbocycles. The molecule has 2 amide bonds. The molecule has 6 nitrogen and oxygen atoms in total. The first kappa shape index (κ1) is 18.2. The van der Waals surface area contributed by atoms with Crippen LogP contribution in [0.5, 0.6) is 0 Å². The molecule has 6 heteroatoms. The van der Waals surface area contributed by atoms with Crippen molar-refractivity contribution in [2.75, 3.05) is 52.4 Å². The van der Waals surface area contributed by atoms with Crippen molar-refractivity contribution in [2.45, 2.75) is 39.7 Å². The Kier molecular flexibility index (Phi) is 6.84. The highest BCUT2D eigenvalue weighted by molar-refractivity contribution is 6.34. The van der Waals surface area contributed by atoms with E-state index in [9.17, 15) is 9.59 Å². The van der Waals surface area contributed by atoms with Gasteiger partial charge in [-0.15, -0.1) is 0 Å². The zero-order valence-electron chi connectivity index (χ0n) is 14.9. The Balaban J connectivity index is 1.94. The van der Waals surface area contributed by atoms with Gasteiger partial charge in [0.15, 0.2) is 0 Å². The number of nitrogens with one attached hydrogen (secondary N) is 1. The lowest BCUT2D eigenvalue weighted by molar-refractivity contribution is -0.152. The zero-order chi connectivity index (χ0) is 16.8. The van der Waals surface area contributed by atoms with Gasteiger partial charge in [0.2, 0.25) is 0 Å². The van der Waals surface area contributed by atoms with E-state index < -0.39 is 0 Å². The smallest absolute Gasteiger partial charge is 0.312 e. The lowest BCUT2D eigenvalue weighted by Gasteiger charge is -2.27. The van der Waals surface area contributed by atoms with Crippen molar-refractivity contribution >= 4 is 11.8 Å². The molecular formula is C17H32N4O2. The molecule has 0 spiro atoms. The molecule has 2 saturated heterocycles. The van der Waals surface area contributed by atoms with E-state index in [1.165, 1.54) is 0 Å². The fourth-order valence-corrected chi connectivity index (χ4v) is 3.46. The van der Waals surface area contributed by atoms with Crippen molar-refractivity contribution in [1.82, 2.24) is 20.0 Å². The summed E-state index contributed by atoms with van der Waals surface area (Å²) in [6.45, 7) is 12.9. The minimum absolute atomic E-state index is 0.237. The summed E-state index contributed by atoms with van der Waals surface area (Å²) < 4.78 is 0. The number of amides is 2. The first-order valence-electron chi connectivity index (χ1n) is 9.05. The van der Waals surface area contributed by atoms with Gasteiger partial charge in [0.1, 0.15) is 0 Å². The van der Waals surface area contributed by atoms with Gasteiger partial charge in [0, 0.05) is 38.8 Å². The van der Waals surface area contributed by atoms with E-state index in [1.54, 1.807) is 9.80 Å². The second kappa shape index (κ2) is 8.64. The predicted octanol–water partition coefficient (Wildman–Crippen LogP) is 0.387. The van der Waals surface area contributed by atoms with Crippen LogP contribution in [0.15, 0.2) is 0 Å². The van der Waals surface area contributed by atoms with Crippen LogP contribution < -0.4 is 5.32 Å². The molecule has 0 radical (unpaired) electrons. The van der Waals surface area contributed by atoms with E-state index in [0.717, 1.165) is 39.0 Å². The molecule has 0 bridgehead atoms. The Morgan fingerprint density at radius 2 is 1.74 bits per heavy atom. The van der Waals surface area contributed by atoms with Gasteiger partial charge >= 0.3 is 11.8 Å². The van der Waals surface area contributed by atoms with Gasteiger partial charge < -0.3 is 20.0 Å². The summed E-state index contributed by atoms with van der Waals surface area (Å²) in [7, 11) is 0. The van der Waals surface area contributed by atoms with Crippen molar-refractivity contribution in [3.05, 3.63) is 0 Å². The van der Waals surface area contributed by atoms with E-state index in [0.29, 0.717) is 32.1 Å². The molecule has 2 heterocycles. The fourth-order valence-electron chi connectivity index (χ4n) is 3.46. The molecule has 132 valence electrons. The van der Waals surface area contributed by atoms with E-state index in [4.69, 9.17) is 0 Å². The van der Waals surface area contributed by atoms with Crippen molar-refractivity contribution in [3.8, 4) is 0 Å². The highest BCUT2D eigenvalue weighted by Gasteiger charge is 2.31. The fraction of sp³-hybridized carbons (Fsp3) is 0.882. The molecule has 2 aliphatic rings. The predicted molar refractivity (Wildman–Crippen MR) is 91.1 cm³/mol. The number of nitrogens with zero attached hydrogens (tertiary/aromatic N) is 3. The summed E-state index contributed by atoms with van der Waals surface area (Å²) in [6.07, 6.45) is 2.08. The number of carbonyl (C=O) groups is 2. The quantitative estimate of drug-likeness (QED) is 0.747. The monoisotopic (exact) mass is 324 g/mol. The van der Waals surface area contributed by atoms with Crippen molar-refractivity contribution < 1.29 is 9.59 Å². The van der Waals surface area contributed by atoms with Crippen molar-refractivity contribution in [1.29, 1.82) is 0 Å². The van der Waals surface area contributed by atoms with Crippen LogP contribution in [0.1, 0.15) is 33.6 Å². The van der Waals surface area contributed by atoms with Crippen LogP contribution in [0.25, 0.3) is 0 Å². The minimum atomic E-state index is -0.323. The number of hydrogen-bond donors (Lipinski definition) is 1. The van der Waals surface area contributed by atoms with Crippen LogP contribution in [0, 0.1) is 5.92 Å². The van der Waals surface area contributed by atoms with E-state index >= 15 is 0 Å². The molecule has 2 aliphatic heterocycles. The summed E-state index contributed by atoms with van der Waals surface area (Å²) in [5.41, 5.74) is 0. The Labute approximate surface area is 140 Å². The minimum Gasteiger partial charge on any atom is -0.333 e. The second-order valence-electron chi connectivity index (χ2n) is 7.11. The van der Waals surface area contributed by atoms with Crippen LogP contribution in [-0.4, -0.2) is 84.9 Å². The Bertz CT molecular complexity index is 403. The molecule has 0 aromatic heterocycles. The van der Waals surface area contributed by atoms with Crippen LogP contribution in [0.4, 0.5) is 0 Å². The number of carbonyl (C=O) groups excluding carboxylic acids is 2. The molecule has 23 heavy (non-hydrogen) atoms. The largest absolute Gasteiger partial charge is 0.333 e. The second-order valence-corrected chi connectivity index (χ2v) is 7.11. The summed E-state index contributed by atoms with van der Waals surface area (Å²) in [4.78, 5) is 31.2. The standard InChI is InChI=1S/C17H32N4O2/c1-4-6-19-7-5-8-20(10-9-19)16(22)17(23)21-12-14(2)11-18-15(3)13-21/h14-15,18H,4-13H2,1-3H3. The molecule has 0 aromatic rings. The lowest BCUT2D eigenvalue weighted by atomic mass is 10.2. The summed E-state index contributed by atoms with van der Waals surface area (Å²) in [5.74, 6) is -0.262. The molecule has 2 fully saturated rings. The maximum Gasteiger partial charge on any atom is 0.312 e. The van der Waals surface area contributed by atoms with Gasteiger partial charge in [-0.25, -0.2) is 0 Å². The molecule has 2 atom stereocenters. The molecule has 2 rings (SSSR count). The Morgan fingerprint density at radius 3 is 2.48 bits per heavy atom. The molecule has 0 saturated carbocycles. The normalized spacial score (nSPS) is 27.4. The van der Waals surface area contributed by atoms with Crippen LogP contribution >= 0.6 is 0 Å². The van der Waals surface area contributed by atoms with Crippen molar-refractivity contribution in [3.63, 3.8) is 0 Å². The summed E-state index contributed by atoms with van der Waals surface area (Å²) in [6, 6.07) is 0.237. The third-order valence-corrected chi connectivity index (χ3v) is 4.73. The molecular weight excluding hydrogens is 292 g/mol. The molecule has 0 aromatic carbocycles. The van der Waals surface area contributed by atoms with Gasteiger partial charge in [-0.1, -0.05) is 13.8 Å². The van der Waals surface area contributed by atoms with Gasteiger partial charge in [0.05, 0.1) is 0 Å². The van der Waals surface area contributed by atoms with Crippen LogP contribution in [-0.2, 0) is 9.59 Å². The number of hydrogen-bond acceptors (Lipinski definition) is 4. The third kappa shape index (κ3) is 5.18. The number of rotatable bonds is 2. The van der Waals surface area contributed by atoms with Gasteiger partial charge in [0.25, 0.3) is 0 Å². The van der Waals surface area contributed by atoms with Crippen LogP contribution in [0.2, 0.25) is 0 Å². The van der Waals surface area contributed by atoms with E-state index in [-0.39, 0.29) is 17.9 Å². The van der Waals surface area contributed by atoms with E-state index in [1.807, 2.05) is 0 Å². The maximum atomic E-state index is 12.7. The first-order valence-corrected chi connectivity index (χ1v) is 9.05. The van der Waals surface area contributed by atoms with Crippen LogP contribution in [0.3, 0.4) is 0 Å². The molecule has 1 N–H and O–H groups in total. The van der Waals surface area contributed by atoms with Gasteiger partial charge in [-0.05, 0) is 45.3 Å². The SMILES string of the molecule is CCCN1CCCN(C(=O)C(=O)N2CC(C)CNC(C)C2)CC1. The lowest BCUT2D eigenvalue weighted by Crippen LogP contribution is -2.49. The summed E-state index contributed by atoms with van der Waals surface area (Å²) in [5, 5.41) is 3.40. The highest BCUT2D eigenvalue weighted by atomic mass is 16.2. The molecule has 2 unspecified atom stereocenters. The third-order valence-electron chi connectivity index (χ3n) is 4.73. The van der Waals surface area contributed by atoms with Crippen molar-refractivity contribution in [2.24, 2.45) is 5.92 Å². The van der Waals surface area contributed by atoms with E-state index in [2.05, 4.69) is 31.0 Å². The van der Waals surface area contributed by atoms with Gasteiger partial charge in [-0.2, -0.15) is 0 Å². The Hall–Kier alpha value is -1.14. The highest BCUT2D eigenvalue weighted by Crippen LogP contribution is 2.10. The average molecular weight is 324 g/mol. The zero-order valence-corrected chi connectivity index (χ0v) is 14.9. The Morgan fingerprint density at radius 1 is 1.00 bits per heavy atom. The first-order chi connectivity index (χ1) is 11.0.